The molecule has 19 heavy (non-hydrogen) atoms. The van der Waals surface area contributed by atoms with Gasteiger partial charge < -0.3 is 4.90 Å². The summed E-state index contributed by atoms with van der Waals surface area (Å²) in [5.41, 5.74) is 3.15. The van der Waals surface area contributed by atoms with Gasteiger partial charge in [-0.05, 0) is 30.0 Å². The molecule has 0 amide bonds. The molecular formula is C14H23NO3S. The van der Waals surface area contributed by atoms with Crippen molar-refractivity contribution in [3.05, 3.63) is 29.3 Å². The second-order valence-corrected chi connectivity index (χ2v) is 7.01. The summed E-state index contributed by atoms with van der Waals surface area (Å²) in [5.74, 6) is 0.570. The first kappa shape index (κ1) is 16.0. The largest absolute Gasteiger partial charge is 0.374 e. The third-order valence-corrected chi connectivity index (χ3v) is 3.31. The Balaban J connectivity index is 2.88. The molecule has 0 spiro atoms. The molecule has 1 aromatic carbocycles. The molecule has 0 atom stereocenters. The average Bonchev–Trinajstić information content (AvgIpc) is 2.25. The molecule has 1 rings (SSSR count). The second kappa shape index (κ2) is 6.39. The fourth-order valence-corrected chi connectivity index (χ4v) is 2.33. The molecule has 0 fully saturated rings. The van der Waals surface area contributed by atoms with Gasteiger partial charge in [0.15, 0.2) is 0 Å². The Morgan fingerprint density at radius 1 is 1.32 bits per heavy atom. The van der Waals surface area contributed by atoms with Crippen LogP contribution in [-0.2, 0) is 20.9 Å². The Hall–Kier alpha value is -1.07. The molecule has 1 aromatic rings. The van der Waals surface area contributed by atoms with Gasteiger partial charge in [0.25, 0.3) is 10.1 Å². The maximum atomic E-state index is 11.0. The lowest BCUT2D eigenvalue weighted by Gasteiger charge is -2.24. The van der Waals surface area contributed by atoms with Crippen LogP contribution < -0.4 is 4.90 Å². The first-order valence-corrected chi connectivity index (χ1v) is 8.16. The number of anilines is 1. The van der Waals surface area contributed by atoms with E-state index in [0.29, 0.717) is 5.92 Å². The topological polar surface area (TPSA) is 46.6 Å². The van der Waals surface area contributed by atoms with Crippen molar-refractivity contribution in [2.45, 2.75) is 27.4 Å². The van der Waals surface area contributed by atoms with Crippen molar-refractivity contribution < 1.29 is 12.6 Å². The molecule has 0 aliphatic rings. The minimum atomic E-state index is -3.40. The second-order valence-electron chi connectivity index (χ2n) is 5.36. The predicted molar refractivity (Wildman–Crippen MR) is 78.9 cm³/mol. The molecule has 0 radical (unpaired) electrons. The van der Waals surface area contributed by atoms with Crippen LogP contribution in [0.2, 0.25) is 0 Å². The Morgan fingerprint density at radius 2 is 1.95 bits per heavy atom. The molecule has 0 saturated heterocycles. The van der Waals surface area contributed by atoms with Crippen molar-refractivity contribution in [1.82, 2.24) is 0 Å². The summed E-state index contributed by atoms with van der Waals surface area (Å²) < 4.78 is 26.8. The highest BCUT2D eigenvalue weighted by Crippen LogP contribution is 2.22. The molecular weight excluding hydrogens is 262 g/mol. The first-order chi connectivity index (χ1) is 8.69. The summed E-state index contributed by atoms with van der Waals surface area (Å²) in [6.45, 7) is 7.43. The molecule has 0 N–H and O–H groups in total. The lowest BCUT2D eigenvalue weighted by molar-refractivity contribution is 0.311. The van der Waals surface area contributed by atoms with Crippen molar-refractivity contribution in [3.63, 3.8) is 0 Å². The summed E-state index contributed by atoms with van der Waals surface area (Å²) in [6.07, 6.45) is 1.06. The van der Waals surface area contributed by atoms with Gasteiger partial charge in [0.05, 0.1) is 12.9 Å². The molecule has 0 bridgehead atoms. The fraction of sp³-hybridized carbons (Fsp3) is 0.571. The molecule has 0 heterocycles. The first-order valence-electron chi connectivity index (χ1n) is 6.34. The highest BCUT2D eigenvalue weighted by Gasteiger charge is 2.09. The number of aryl methyl sites for hydroxylation is 1. The quantitative estimate of drug-likeness (QED) is 0.754. The predicted octanol–water partition coefficient (Wildman–Crippen LogP) is 2.56. The molecule has 0 aliphatic heterocycles. The molecule has 0 aromatic heterocycles. The van der Waals surface area contributed by atoms with E-state index in [1.54, 1.807) is 0 Å². The van der Waals surface area contributed by atoms with Gasteiger partial charge in [-0.3, -0.25) is 4.18 Å². The van der Waals surface area contributed by atoms with Crippen LogP contribution in [0.1, 0.15) is 25.0 Å². The van der Waals surface area contributed by atoms with Gasteiger partial charge in [0.2, 0.25) is 0 Å². The van der Waals surface area contributed by atoms with Crippen LogP contribution in [0.5, 0.6) is 0 Å². The smallest absolute Gasteiger partial charge is 0.264 e. The third-order valence-electron chi connectivity index (χ3n) is 2.76. The highest BCUT2D eigenvalue weighted by atomic mass is 32.2. The average molecular weight is 285 g/mol. The zero-order valence-corrected chi connectivity index (χ0v) is 13.1. The van der Waals surface area contributed by atoms with Gasteiger partial charge >= 0.3 is 0 Å². The van der Waals surface area contributed by atoms with Crippen molar-refractivity contribution in [2.24, 2.45) is 5.92 Å². The van der Waals surface area contributed by atoms with Gasteiger partial charge in [-0.25, -0.2) is 0 Å². The zero-order valence-electron chi connectivity index (χ0n) is 12.3. The van der Waals surface area contributed by atoms with Gasteiger partial charge in [0.1, 0.15) is 0 Å². The van der Waals surface area contributed by atoms with Gasteiger partial charge in [0, 0.05) is 19.3 Å². The van der Waals surface area contributed by atoms with E-state index in [2.05, 4.69) is 18.7 Å². The Kier molecular flexibility index (Phi) is 5.38. The van der Waals surface area contributed by atoms with E-state index in [4.69, 9.17) is 4.18 Å². The zero-order chi connectivity index (χ0) is 14.6. The molecule has 5 heteroatoms. The van der Waals surface area contributed by atoms with Crippen LogP contribution in [0.3, 0.4) is 0 Å². The Morgan fingerprint density at radius 3 is 2.47 bits per heavy atom. The lowest BCUT2D eigenvalue weighted by atomic mass is 10.1. The summed E-state index contributed by atoms with van der Waals surface area (Å²) in [7, 11) is -1.35. The molecule has 0 saturated carbocycles. The van der Waals surface area contributed by atoms with Gasteiger partial charge in [-0.1, -0.05) is 26.0 Å². The standard InChI is InChI=1S/C14H23NO3S/c1-11(2)9-15(4)14-8-13(7-6-12(14)3)10-18-19(5,16)17/h6-8,11H,9-10H2,1-5H3. The van der Waals surface area contributed by atoms with E-state index >= 15 is 0 Å². The molecule has 0 unspecified atom stereocenters. The van der Waals surface area contributed by atoms with Crippen LogP contribution in [0.4, 0.5) is 5.69 Å². The van der Waals surface area contributed by atoms with E-state index in [1.807, 2.05) is 32.2 Å². The monoisotopic (exact) mass is 285 g/mol. The van der Waals surface area contributed by atoms with Crippen LogP contribution in [0.25, 0.3) is 0 Å². The number of hydrogen-bond donors (Lipinski definition) is 0. The van der Waals surface area contributed by atoms with E-state index in [0.717, 1.165) is 24.1 Å². The summed E-state index contributed by atoms with van der Waals surface area (Å²) >= 11 is 0. The van der Waals surface area contributed by atoms with Gasteiger partial charge in [-0.15, -0.1) is 0 Å². The number of benzene rings is 1. The minimum Gasteiger partial charge on any atom is -0.374 e. The molecule has 108 valence electrons. The normalized spacial score (nSPS) is 11.9. The maximum absolute atomic E-state index is 11.0. The number of rotatable bonds is 6. The van der Waals surface area contributed by atoms with Crippen molar-refractivity contribution in [3.8, 4) is 0 Å². The number of hydrogen-bond acceptors (Lipinski definition) is 4. The third kappa shape index (κ3) is 5.61. The lowest BCUT2D eigenvalue weighted by Crippen LogP contribution is -2.23. The van der Waals surface area contributed by atoms with Crippen LogP contribution in [-0.4, -0.2) is 28.3 Å². The van der Waals surface area contributed by atoms with Crippen LogP contribution in [0, 0.1) is 12.8 Å². The summed E-state index contributed by atoms with van der Waals surface area (Å²) in [4.78, 5) is 2.18. The summed E-state index contributed by atoms with van der Waals surface area (Å²) in [5, 5.41) is 0. The summed E-state index contributed by atoms with van der Waals surface area (Å²) in [6, 6.07) is 5.88. The Labute approximate surface area is 116 Å². The van der Waals surface area contributed by atoms with Crippen LogP contribution in [0.15, 0.2) is 18.2 Å². The van der Waals surface area contributed by atoms with Crippen molar-refractivity contribution in [1.29, 1.82) is 0 Å². The molecule has 0 aliphatic carbocycles. The van der Waals surface area contributed by atoms with Gasteiger partial charge in [-0.2, -0.15) is 8.42 Å². The van der Waals surface area contributed by atoms with E-state index in [9.17, 15) is 8.42 Å². The highest BCUT2D eigenvalue weighted by molar-refractivity contribution is 7.85. The minimum absolute atomic E-state index is 0.0850. The maximum Gasteiger partial charge on any atom is 0.264 e. The Bertz CT molecular complexity index is 523. The molecule has 4 nitrogen and oxygen atoms in total. The van der Waals surface area contributed by atoms with E-state index in [-0.39, 0.29) is 6.61 Å². The SMILES string of the molecule is Cc1ccc(COS(C)(=O)=O)cc1N(C)CC(C)C. The van der Waals surface area contributed by atoms with Crippen LogP contribution >= 0.6 is 0 Å². The van der Waals surface area contributed by atoms with Crippen molar-refractivity contribution >= 4 is 15.8 Å². The van der Waals surface area contributed by atoms with Crippen molar-refractivity contribution in [2.75, 3.05) is 24.7 Å². The van der Waals surface area contributed by atoms with E-state index in [1.165, 1.54) is 5.56 Å². The fourth-order valence-electron chi connectivity index (χ4n) is 1.98. The number of nitrogens with zero attached hydrogens (tertiary/aromatic N) is 1. The van der Waals surface area contributed by atoms with E-state index < -0.39 is 10.1 Å².